The van der Waals surface area contributed by atoms with Crippen molar-refractivity contribution in [1.29, 1.82) is 0 Å². The Morgan fingerprint density at radius 3 is 2.54 bits per heavy atom. The first-order valence-corrected chi connectivity index (χ1v) is 10.0. The van der Waals surface area contributed by atoms with Crippen LogP contribution in [0.3, 0.4) is 0 Å². The van der Waals surface area contributed by atoms with Gasteiger partial charge in [-0.05, 0) is 48.6 Å². The molecule has 6 nitrogen and oxygen atoms in total. The van der Waals surface area contributed by atoms with Crippen LogP contribution in [-0.4, -0.2) is 35.4 Å². The van der Waals surface area contributed by atoms with Crippen LogP contribution in [0.4, 0.5) is 0 Å². The number of hydrazine groups is 1. The van der Waals surface area contributed by atoms with Crippen LogP contribution in [0.2, 0.25) is 0 Å². The minimum absolute atomic E-state index is 0.239. The molecule has 0 atom stereocenters. The van der Waals surface area contributed by atoms with Crippen molar-refractivity contribution in [1.82, 2.24) is 10.4 Å². The fourth-order valence-corrected chi connectivity index (χ4v) is 3.93. The molecule has 1 saturated heterocycles. The molecule has 1 aliphatic rings. The van der Waals surface area contributed by atoms with Gasteiger partial charge in [-0.15, -0.1) is 0 Å². The average molecular weight is 479 g/mol. The molecule has 1 N–H and O–H groups in total. The van der Waals surface area contributed by atoms with Gasteiger partial charge in [-0.3, -0.25) is 15.0 Å². The Balaban J connectivity index is 1.83. The van der Waals surface area contributed by atoms with E-state index in [1.165, 1.54) is 7.11 Å². The molecule has 3 rings (SSSR count). The minimum atomic E-state index is -0.427. The molecule has 0 aromatic heterocycles. The summed E-state index contributed by atoms with van der Waals surface area (Å²) in [5.41, 5.74) is 3.63. The van der Waals surface area contributed by atoms with Crippen LogP contribution < -0.4 is 14.9 Å². The molecule has 2 amide bonds. The van der Waals surface area contributed by atoms with Gasteiger partial charge in [-0.1, -0.05) is 39.8 Å². The highest BCUT2D eigenvalue weighted by atomic mass is 79.9. The second-order valence-corrected chi connectivity index (χ2v) is 8.14. The van der Waals surface area contributed by atoms with Crippen molar-refractivity contribution in [3.8, 4) is 11.5 Å². The monoisotopic (exact) mass is 478 g/mol. The van der Waals surface area contributed by atoms with Crippen molar-refractivity contribution in [2.75, 3.05) is 14.2 Å². The van der Waals surface area contributed by atoms with Gasteiger partial charge in [0.2, 0.25) is 0 Å². The first-order chi connectivity index (χ1) is 13.4. The van der Waals surface area contributed by atoms with Gasteiger partial charge < -0.3 is 9.47 Å². The maximum Gasteiger partial charge on any atom is 0.285 e. The fraction of sp³-hybridized carbons (Fsp3) is 0.105. The summed E-state index contributed by atoms with van der Waals surface area (Å²) in [5, 5.41) is 1.07. The van der Waals surface area contributed by atoms with Gasteiger partial charge in [-0.2, -0.15) is 5.01 Å². The summed E-state index contributed by atoms with van der Waals surface area (Å²) in [6.07, 6.45) is 1.66. The lowest BCUT2D eigenvalue weighted by Gasteiger charge is -2.15. The van der Waals surface area contributed by atoms with Crippen LogP contribution in [0, 0.1) is 0 Å². The van der Waals surface area contributed by atoms with Crippen molar-refractivity contribution in [3.05, 3.63) is 63.0 Å². The maximum absolute atomic E-state index is 12.8. The zero-order valence-electron chi connectivity index (χ0n) is 14.9. The number of carbonyl (C=O) groups excluding carboxylic acids is 2. The molecule has 2 aromatic carbocycles. The van der Waals surface area contributed by atoms with Crippen LogP contribution >= 0.6 is 39.9 Å². The molecule has 28 heavy (non-hydrogen) atoms. The SMILES string of the molecule is COc1cccc(/C=C2\SC(=S)N(NC(=O)c3ccc(Br)cc3)C2=O)c1OC. The number of nitrogens with zero attached hydrogens (tertiary/aromatic N) is 1. The molecule has 0 spiro atoms. The van der Waals surface area contributed by atoms with Crippen molar-refractivity contribution in [2.45, 2.75) is 0 Å². The van der Waals surface area contributed by atoms with E-state index in [0.29, 0.717) is 27.5 Å². The van der Waals surface area contributed by atoms with E-state index in [9.17, 15) is 9.59 Å². The van der Waals surface area contributed by atoms with Crippen molar-refractivity contribution in [2.24, 2.45) is 0 Å². The summed E-state index contributed by atoms with van der Waals surface area (Å²) < 4.78 is 11.8. The highest BCUT2D eigenvalue weighted by Gasteiger charge is 2.34. The number of methoxy groups -OCH3 is 2. The van der Waals surface area contributed by atoms with Crippen LogP contribution in [0.1, 0.15) is 15.9 Å². The molecule has 9 heteroatoms. The Labute approximate surface area is 180 Å². The highest BCUT2D eigenvalue weighted by Crippen LogP contribution is 2.36. The number of benzene rings is 2. The average Bonchev–Trinajstić information content (AvgIpc) is 2.95. The standard InChI is InChI=1S/C19H15BrN2O4S2/c1-25-14-5-3-4-12(16(14)26-2)10-15-18(24)22(19(27)28-15)21-17(23)11-6-8-13(20)9-7-11/h3-10H,1-2H3,(H,21,23)/b15-10-. The number of thiocarbonyl (C=S) groups is 1. The molecule has 1 aliphatic heterocycles. The van der Waals surface area contributed by atoms with Gasteiger partial charge in [0, 0.05) is 15.6 Å². The van der Waals surface area contributed by atoms with Crippen molar-refractivity contribution < 1.29 is 19.1 Å². The van der Waals surface area contributed by atoms with Crippen LogP contribution in [0.25, 0.3) is 6.08 Å². The van der Waals surface area contributed by atoms with E-state index in [-0.39, 0.29) is 4.32 Å². The van der Waals surface area contributed by atoms with Gasteiger partial charge in [0.25, 0.3) is 11.8 Å². The van der Waals surface area contributed by atoms with Crippen molar-refractivity contribution in [3.63, 3.8) is 0 Å². The number of para-hydroxylation sites is 1. The van der Waals surface area contributed by atoms with Crippen molar-refractivity contribution >= 4 is 62.1 Å². The molecule has 0 radical (unpaired) electrons. The molecule has 0 saturated carbocycles. The highest BCUT2D eigenvalue weighted by molar-refractivity contribution is 9.10. The van der Waals surface area contributed by atoms with Gasteiger partial charge in [0.15, 0.2) is 15.8 Å². The molecular weight excluding hydrogens is 464 g/mol. The summed E-state index contributed by atoms with van der Waals surface area (Å²) in [6.45, 7) is 0. The first-order valence-electron chi connectivity index (χ1n) is 8.00. The van der Waals surface area contributed by atoms with Crippen LogP contribution in [-0.2, 0) is 4.79 Å². The number of carbonyl (C=O) groups is 2. The van der Waals surface area contributed by atoms with Gasteiger partial charge in [0.1, 0.15) is 0 Å². The number of hydrogen-bond donors (Lipinski definition) is 1. The minimum Gasteiger partial charge on any atom is -0.493 e. The molecule has 1 heterocycles. The van der Waals surface area contributed by atoms with Crippen LogP contribution in [0.5, 0.6) is 11.5 Å². The smallest absolute Gasteiger partial charge is 0.285 e. The molecule has 1 fully saturated rings. The summed E-state index contributed by atoms with van der Waals surface area (Å²) >= 11 is 9.67. The third-order valence-corrected chi connectivity index (χ3v) is 5.66. The quantitative estimate of drug-likeness (QED) is 0.517. The molecular formula is C19H15BrN2O4S2. The number of amides is 2. The normalized spacial score (nSPS) is 15.1. The third kappa shape index (κ3) is 4.21. The third-order valence-electron chi connectivity index (χ3n) is 3.83. The van der Waals surface area contributed by atoms with E-state index >= 15 is 0 Å². The molecule has 0 aliphatic carbocycles. The largest absolute Gasteiger partial charge is 0.493 e. The van der Waals surface area contributed by atoms with Gasteiger partial charge in [0.05, 0.1) is 19.1 Å². The predicted molar refractivity (Wildman–Crippen MR) is 116 cm³/mol. The second kappa shape index (κ2) is 8.76. The topological polar surface area (TPSA) is 67.9 Å². The Morgan fingerprint density at radius 2 is 1.89 bits per heavy atom. The van der Waals surface area contributed by atoms with Gasteiger partial charge >= 0.3 is 0 Å². The number of nitrogens with one attached hydrogen (secondary N) is 1. The van der Waals surface area contributed by atoms with E-state index in [1.807, 2.05) is 0 Å². The molecule has 0 unspecified atom stereocenters. The number of rotatable bonds is 5. The van der Waals surface area contributed by atoms with E-state index in [2.05, 4.69) is 21.4 Å². The lowest BCUT2D eigenvalue weighted by molar-refractivity contribution is -0.123. The molecule has 144 valence electrons. The van der Waals surface area contributed by atoms with Crippen LogP contribution in [0.15, 0.2) is 51.8 Å². The Morgan fingerprint density at radius 1 is 1.18 bits per heavy atom. The predicted octanol–water partition coefficient (Wildman–Crippen LogP) is 4.01. The summed E-state index contributed by atoms with van der Waals surface area (Å²) in [5.74, 6) is 0.221. The maximum atomic E-state index is 12.8. The summed E-state index contributed by atoms with van der Waals surface area (Å²) in [6, 6.07) is 12.1. The zero-order valence-corrected chi connectivity index (χ0v) is 18.1. The molecule has 0 bridgehead atoms. The number of hydrogen-bond acceptors (Lipinski definition) is 6. The lowest BCUT2D eigenvalue weighted by atomic mass is 10.1. The van der Waals surface area contributed by atoms with E-state index in [1.54, 1.807) is 55.7 Å². The number of thioether (sulfide) groups is 1. The Bertz CT molecular complexity index is 976. The fourth-order valence-electron chi connectivity index (χ4n) is 2.50. The van der Waals surface area contributed by atoms with E-state index in [4.69, 9.17) is 21.7 Å². The molecule has 2 aromatic rings. The Hall–Kier alpha value is -2.36. The summed E-state index contributed by atoms with van der Waals surface area (Å²) in [7, 11) is 3.07. The first kappa shape index (κ1) is 20.4. The van der Waals surface area contributed by atoms with E-state index in [0.717, 1.165) is 21.2 Å². The zero-order chi connectivity index (χ0) is 20.3. The summed E-state index contributed by atoms with van der Waals surface area (Å²) in [4.78, 5) is 25.5. The van der Waals surface area contributed by atoms with E-state index < -0.39 is 11.8 Å². The number of halogens is 1. The second-order valence-electron chi connectivity index (χ2n) is 5.55. The van der Waals surface area contributed by atoms with Gasteiger partial charge in [-0.25, -0.2) is 0 Å². The lowest BCUT2D eigenvalue weighted by Crippen LogP contribution is -2.44. The Kier molecular flexibility index (Phi) is 6.38. The number of ether oxygens (including phenoxy) is 2.